The lowest BCUT2D eigenvalue weighted by Gasteiger charge is -2.22. The molecule has 0 radical (unpaired) electrons. The molecule has 1 N–H and O–H groups in total. The summed E-state index contributed by atoms with van der Waals surface area (Å²) in [5.41, 5.74) is -0.362. The Balaban J connectivity index is 2.00. The van der Waals surface area contributed by atoms with Crippen molar-refractivity contribution in [1.29, 1.82) is 0 Å². The predicted octanol–water partition coefficient (Wildman–Crippen LogP) is 0.328. The number of fused-ring (bicyclic) bond motifs is 1. The second-order valence-corrected chi connectivity index (χ2v) is 5.86. The molecule has 2 aliphatic heterocycles. The maximum Gasteiger partial charge on any atom is 0.327 e. The van der Waals surface area contributed by atoms with Crippen molar-refractivity contribution >= 4 is 17.8 Å². The smallest absolute Gasteiger partial charge is 0.327 e. The standard InChI is InChI=1S/C12H19N3O3/c1-12(2,3)13-9(16)7-15-10(17)8-5-4-6-14(8)11(15)18/h8H,4-7H2,1-3H3,(H,13,16). The first kappa shape index (κ1) is 12.9. The van der Waals surface area contributed by atoms with Crippen LogP contribution in [0.1, 0.15) is 33.6 Å². The van der Waals surface area contributed by atoms with Crippen LogP contribution >= 0.6 is 0 Å². The summed E-state index contributed by atoms with van der Waals surface area (Å²) < 4.78 is 0. The first-order chi connectivity index (χ1) is 8.29. The molecule has 0 bridgehead atoms. The van der Waals surface area contributed by atoms with Crippen molar-refractivity contribution in [1.82, 2.24) is 15.1 Å². The van der Waals surface area contributed by atoms with Gasteiger partial charge in [0, 0.05) is 12.1 Å². The first-order valence-corrected chi connectivity index (χ1v) is 6.22. The third kappa shape index (κ3) is 2.32. The van der Waals surface area contributed by atoms with E-state index in [2.05, 4.69) is 5.32 Å². The van der Waals surface area contributed by atoms with Gasteiger partial charge in [0.1, 0.15) is 12.6 Å². The van der Waals surface area contributed by atoms with Crippen LogP contribution in [0.15, 0.2) is 0 Å². The van der Waals surface area contributed by atoms with E-state index in [1.165, 1.54) is 0 Å². The molecule has 6 heteroatoms. The number of carbonyl (C=O) groups excluding carboxylic acids is 3. The Morgan fingerprint density at radius 3 is 2.61 bits per heavy atom. The van der Waals surface area contributed by atoms with Gasteiger partial charge in [0.05, 0.1) is 0 Å². The first-order valence-electron chi connectivity index (χ1n) is 6.22. The van der Waals surface area contributed by atoms with Crippen molar-refractivity contribution in [3.63, 3.8) is 0 Å². The summed E-state index contributed by atoms with van der Waals surface area (Å²) >= 11 is 0. The number of carbonyl (C=O) groups is 3. The third-order valence-electron chi connectivity index (χ3n) is 3.10. The van der Waals surface area contributed by atoms with Crippen molar-refractivity contribution in [3.8, 4) is 0 Å². The predicted molar refractivity (Wildman–Crippen MR) is 64.7 cm³/mol. The van der Waals surface area contributed by atoms with Gasteiger partial charge in [-0.25, -0.2) is 4.79 Å². The van der Waals surface area contributed by atoms with E-state index in [-0.39, 0.29) is 36.0 Å². The number of imide groups is 1. The van der Waals surface area contributed by atoms with E-state index in [1.807, 2.05) is 20.8 Å². The molecule has 0 spiro atoms. The molecule has 2 aliphatic rings. The summed E-state index contributed by atoms with van der Waals surface area (Å²) in [4.78, 5) is 38.3. The fourth-order valence-corrected chi connectivity index (χ4v) is 2.43. The summed E-state index contributed by atoms with van der Waals surface area (Å²) in [5.74, 6) is -0.535. The van der Waals surface area contributed by atoms with E-state index in [9.17, 15) is 14.4 Å². The van der Waals surface area contributed by atoms with Gasteiger partial charge in [0.25, 0.3) is 5.91 Å². The van der Waals surface area contributed by atoms with Gasteiger partial charge in [-0.15, -0.1) is 0 Å². The van der Waals surface area contributed by atoms with E-state index in [1.54, 1.807) is 4.90 Å². The fraction of sp³-hybridized carbons (Fsp3) is 0.750. The highest BCUT2D eigenvalue weighted by atomic mass is 16.2. The van der Waals surface area contributed by atoms with Crippen LogP contribution in [0.5, 0.6) is 0 Å². The van der Waals surface area contributed by atoms with Gasteiger partial charge < -0.3 is 10.2 Å². The fourth-order valence-electron chi connectivity index (χ4n) is 2.43. The molecule has 4 amide bonds. The molecular formula is C12H19N3O3. The monoisotopic (exact) mass is 253 g/mol. The Hall–Kier alpha value is -1.59. The third-order valence-corrected chi connectivity index (χ3v) is 3.10. The van der Waals surface area contributed by atoms with E-state index >= 15 is 0 Å². The Morgan fingerprint density at radius 1 is 1.39 bits per heavy atom. The van der Waals surface area contributed by atoms with Crippen LogP contribution in [-0.2, 0) is 9.59 Å². The Bertz CT molecular complexity index is 378. The topological polar surface area (TPSA) is 69.7 Å². The molecule has 1 atom stereocenters. The molecule has 0 aromatic rings. The second kappa shape index (κ2) is 4.26. The molecule has 2 heterocycles. The number of rotatable bonds is 2. The Kier molecular flexibility index (Phi) is 3.04. The van der Waals surface area contributed by atoms with Crippen molar-refractivity contribution in [2.24, 2.45) is 0 Å². The van der Waals surface area contributed by atoms with Gasteiger partial charge >= 0.3 is 6.03 Å². The average Bonchev–Trinajstić information content (AvgIpc) is 2.76. The summed E-state index contributed by atoms with van der Waals surface area (Å²) in [6.45, 7) is 6.01. The van der Waals surface area contributed by atoms with Crippen molar-refractivity contribution in [2.75, 3.05) is 13.1 Å². The normalized spacial score (nSPS) is 23.6. The maximum absolute atomic E-state index is 12.0. The van der Waals surface area contributed by atoms with Crippen LogP contribution in [-0.4, -0.2) is 52.3 Å². The molecule has 2 rings (SSSR count). The Labute approximate surface area is 106 Å². The molecule has 0 aromatic carbocycles. The molecule has 6 nitrogen and oxygen atoms in total. The van der Waals surface area contributed by atoms with Gasteiger partial charge in [-0.05, 0) is 33.6 Å². The van der Waals surface area contributed by atoms with E-state index in [0.29, 0.717) is 13.0 Å². The highest BCUT2D eigenvalue weighted by molar-refractivity contribution is 6.06. The summed E-state index contributed by atoms with van der Waals surface area (Å²) in [6.07, 6.45) is 1.58. The van der Waals surface area contributed by atoms with E-state index < -0.39 is 0 Å². The molecule has 0 aliphatic carbocycles. The van der Waals surface area contributed by atoms with Crippen LogP contribution in [0.4, 0.5) is 4.79 Å². The van der Waals surface area contributed by atoms with Crippen molar-refractivity contribution < 1.29 is 14.4 Å². The number of nitrogens with one attached hydrogen (secondary N) is 1. The number of amides is 4. The van der Waals surface area contributed by atoms with Gasteiger partial charge in [-0.2, -0.15) is 0 Å². The minimum atomic E-state index is -0.362. The largest absolute Gasteiger partial charge is 0.350 e. The van der Waals surface area contributed by atoms with Gasteiger partial charge in [-0.1, -0.05) is 0 Å². The average molecular weight is 253 g/mol. The molecule has 1 unspecified atom stereocenters. The summed E-state index contributed by atoms with van der Waals surface area (Å²) in [6, 6.07) is -0.661. The van der Waals surface area contributed by atoms with Gasteiger partial charge in [0.2, 0.25) is 5.91 Å². The zero-order valence-corrected chi connectivity index (χ0v) is 11.0. The van der Waals surface area contributed by atoms with Crippen LogP contribution in [0, 0.1) is 0 Å². The van der Waals surface area contributed by atoms with Gasteiger partial charge in [0.15, 0.2) is 0 Å². The zero-order chi connectivity index (χ0) is 13.5. The number of hydrogen-bond donors (Lipinski definition) is 1. The molecule has 0 aromatic heterocycles. The number of hydrogen-bond acceptors (Lipinski definition) is 3. The number of urea groups is 1. The Morgan fingerprint density at radius 2 is 2.06 bits per heavy atom. The van der Waals surface area contributed by atoms with Gasteiger partial charge in [-0.3, -0.25) is 14.5 Å². The SMILES string of the molecule is CC(C)(C)NC(=O)CN1C(=O)C2CCCN2C1=O. The lowest BCUT2D eigenvalue weighted by atomic mass is 10.1. The van der Waals surface area contributed by atoms with Crippen LogP contribution in [0.25, 0.3) is 0 Å². The minimum absolute atomic E-state index is 0.179. The lowest BCUT2D eigenvalue weighted by Crippen LogP contribution is -2.47. The second-order valence-electron chi connectivity index (χ2n) is 5.86. The molecule has 18 heavy (non-hydrogen) atoms. The van der Waals surface area contributed by atoms with E-state index in [4.69, 9.17) is 0 Å². The molecule has 0 saturated carbocycles. The lowest BCUT2D eigenvalue weighted by molar-refractivity contribution is -0.133. The van der Waals surface area contributed by atoms with Crippen LogP contribution in [0.2, 0.25) is 0 Å². The molecular weight excluding hydrogens is 234 g/mol. The highest BCUT2D eigenvalue weighted by Gasteiger charge is 2.47. The quantitative estimate of drug-likeness (QED) is 0.721. The number of nitrogens with zero attached hydrogens (tertiary/aromatic N) is 2. The highest BCUT2D eigenvalue weighted by Crippen LogP contribution is 2.26. The molecule has 2 fully saturated rings. The zero-order valence-electron chi connectivity index (χ0n) is 11.0. The van der Waals surface area contributed by atoms with Crippen molar-refractivity contribution in [3.05, 3.63) is 0 Å². The van der Waals surface area contributed by atoms with E-state index in [0.717, 1.165) is 11.3 Å². The molecule has 100 valence electrons. The minimum Gasteiger partial charge on any atom is -0.350 e. The van der Waals surface area contributed by atoms with Crippen LogP contribution < -0.4 is 5.32 Å². The summed E-state index contributed by atoms with van der Waals surface area (Å²) in [7, 11) is 0. The van der Waals surface area contributed by atoms with Crippen molar-refractivity contribution in [2.45, 2.75) is 45.2 Å². The molecule has 2 saturated heterocycles. The maximum atomic E-state index is 12.0. The van der Waals surface area contributed by atoms with Crippen LogP contribution in [0.3, 0.4) is 0 Å². The summed E-state index contributed by atoms with van der Waals surface area (Å²) in [5, 5.41) is 2.75.